The summed E-state index contributed by atoms with van der Waals surface area (Å²) in [5, 5.41) is 3.38. The molecule has 0 heterocycles. The minimum absolute atomic E-state index is 0.584. The van der Waals surface area contributed by atoms with Gasteiger partial charge in [-0.3, -0.25) is 0 Å². The Balaban J connectivity index is 3.60. The van der Waals surface area contributed by atoms with Crippen molar-refractivity contribution in [3.05, 3.63) is 0 Å². The molecule has 0 radical (unpaired) electrons. The lowest BCUT2D eigenvalue weighted by molar-refractivity contribution is 0.135. The lowest BCUT2D eigenvalue weighted by Gasteiger charge is -2.23. The van der Waals surface area contributed by atoms with Crippen molar-refractivity contribution in [2.45, 2.75) is 39.2 Å². The SMILES string of the molecule is CCOCCCC(NC)C(C)CCOC. The van der Waals surface area contributed by atoms with Gasteiger partial charge in [-0.1, -0.05) is 6.92 Å². The van der Waals surface area contributed by atoms with Crippen LogP contribution in [0.1, 0.15) is 33.1 Å². The summed E-state index contributed by atoms with van der Waals surface area (Å²) in [6.07, 6.45) is 3.44. The largest absolute Gasteiger partial charge is 0.385 e. The van der Waals surface area contributed by atoms with E-state index in [1.807, 2.05) is 14.0 Å². The van der Waals surface area contributed by atoms with E-state index in [0.717, 1.165) is 32.7 Å². The zero-order valence-corrected chi connectivity index (χ0v) is 10.7. The quantitative estimate of drug-likeness (QED) is 0.568. The van der Waals surface area contributed by atoms with Crippen LogP contribution in [0.5, 0.6) is 0 Å². The Morgan fingerprint density at radius 3 is 2.47 bits per heavy atom. The minimum atomic E-state index is 0.584. The topological polar surface area (TPSA) is 30.5 Å². The van der Waals surface area contributed by atoms with Crippen LogP contribution in [0.3, 0.4) is 0 Å². The highest BCUT2D eigenvalue weighted by molar-refractivity contribution is 4.71. The molecule has 0 aliphatic heterocycles. The van der Waals surface area contributed by atoms with Crippen molar-refractivity contribution in [2.24, 2.45) is 5.92 Å². The highest BCUT2D eigenvalue weighted by Gasteiger charge is 2.14. The molecule has 0 aromatic rings. The van der Waals surface area contributed by atoms with E-state index < -0.39 is 0 Å². The first kappa shape index (κ1) is 14.9. The molecule has 0 saturated heterocycles. The van der Waals surface area contributed by atoms with Crippen LogP contribution < -0.4 is 5.32 Å². The van der Waals surface area contributed by atoms with Crippen LogP contribution in [0.4, 0.5) is 0 Å². The van der Waals surface area contributed by atoms with Gasteiger partial charge in [-0.15, -0.1) is 0 Å². The zero-order chi connectivity index (χ0) is 11.5. The monoisotopic (exact) mass is 217 g/mol. The predicted octanol–water partition coefficient (Wildman–Crippen LogP) is 2.06. The molecule has 15 heavy (non-hydrogen) atoms. The summed E-state index contributed by atoms with van der Waals surface area (Å²) in [6, 6.07) is 0.584. The van der Waals surface area contributed by atoms with Gasteiger partial charge in [0.15, 0.2) is 0 Å². The van der Waals surface area contributed by atoms with Gasteiger partial charge in [-0.2, -0.15) is 0 Å². The molecule has 2 atom stereocenters. The molecule has 0 amide bonds. The molecule has 0 fully saturated rings. The number of methoxy groups -OCH3 is 1. The number of nitrogens with one attached hydrogen (secondary N) is 1. The first-order valence-corrected chi connectivity index (χ1v) is 6.00. The number of hydrogen-bond acceptors (Lipinski definition) is 3. The second-order valence-corrected chi connectivity index (χ2v) is 3.99. The van der Waals surface area contributed by atoms with Gasteiger partial charge in [0, 0.05) is 33.0 Å². The average molecular weight is 217 g/mol. The molecule has 0 aromatic heterocycles. The maximum atomic E-state index is 5.34. The number of rotatable bonds is 10. The molecule has 1 N–H and O–H groups in total. The molecule has 3 heteroatoms. The Labute approximate surface area is 94.5 Å². The first-order valence-electron chi connectivity index (χ1n) is 6.00. The van der Waals surface area contributed by atoms with E-state index in [1.165, 1.54) is 6.42 Å². The Morgan fingerprint density at radius 1 is 1.20 bits per heavy atom. The van der Waals surface area contributed by atoms with Crippen LogP contribution in [-0.2, 0) is 9.47 Å². The summed E-state index contributed by atoms with van der Waals surface area (Å²) in [7, 11) is 3.80. The van der Waals surface area contributed by atoms with Crippen LogP contribution in [-0.4, -0.2) is 40.0 Å². The lowest BCUT2D eigenvalue weighted by Crippen LogP contribution is -2.33. The highest BCUT2D eigenvalue weighted by atomic mass is 16.5. The van der Waals surface area contributed by atoms with E-state index in [2.05, 4.69) is 12.2 Å². The van der Waals surface area contributed by atoms with Gasteiger partial charge in [0.25, 0.3) is 0 Å². The van der Waals surface area contributed by atoms with Crippen molar-refractivity contribution in [3.8, 4) is 0 Å². The summed E-state index contributed by atoms with van der Waals surface area (Å²) in [5.41, 5.74) is 0. The maximum absolute atomic E-state index is 5.34. The summed E-state index contributed by atoms with van der Waals surface area (Å²) in [6.45, 7) is 6.87. The van der Waals surface area contributed by atoms with Crippen LogP contribution >= 0.6 is 0 Å². The Bertz CT molecular complexity index is 131. The second kappa shape index (κ2) is 10.4. The van der Waals surface area contributed by atoms with Crippen LogP contribution in [0.15, 0.2) is 0 Å². The molecule has 0 aliphatic rings. The van der Waals surface area contributed by atoms with Gasteiger partial charge < -0.3 is 14.8 Å². The molecular formula is C12H27NO2. The van der Waals surface area contributed by atoms with Crippen molar-refractivity contribution in [3.63, 3.8) is 0 Å². The summed E-state index contributed by atoms with van der Waals surface area (Å²) in [4.78, 5) is 0. The van der Waals surface area contributed by atoms with Crippen molar-refractivity contribution in [1.82, 2.24) is 5.32 Å². The maximum Gasteiger partial charge on any atom is 0.0466 e. The molecule has 0 aromatic carbocycles. The van der Waals surface area contributed by atoms with E-state index in [0.29, 0.717) is 12.0 Å². The fourth-order valence-electron chi connectivity index (χ4n) is 1.77. The fourth-order valence-corrected chi connectivity index (χ4v) is 1.77. The lowest BCUT2D eigenvalue weighted by atomic mass is 9.95. The van der Waals surface area contributed by atoms with E-state index in [1.54, 1.807) is 7.11 Å². The normalized spacial score (nSPS) is 15.2. The molecular weight excluding hydrogens is 190 g/mol. The number of hydrogen-bond donors (Lipinski definition) is 1. The van der Waals surface area contributed by atoms with Crippen molar-refractivity contribution >= 4 is 0 Å². The van der Waals surface area contributed by atoms with Crippen LogP contribution in [0.2, 0.25) is 0 Å². The van der Waals surface area contributed by atoms with Gasteiger partial charge in [0.1, 0.15) is 0 Å². The van der Waals surface area contributed by atoms with Crippen LogP contribution in [0, 0.1) is 5.92 Å². The molecule has 0 aliphatic carbocycles. The minimum Gasteiger partial charge on any atom is -0.385 e. The molecule has 92 valence electrons. The Hall–Kier alpha value is -0.120. The van der Waals surface area contributed by atoms with Gasteiger partial charge in [-0.05, 0) is 39.2 Å². The summed E-state index contributed by atoms with van der Waals surface area (Å²) in [5.74, 6) is 0.663. The predicted molar refractivity (Wildman–Crippen MR) is 64.2 cm³/mol. The molecule has 3 nitrogen and oxygen atoms in total. The smallest absolute Gasteiger partial charge is 0.0466 e. The summed E-state index contributed by atoms with van der Waals surface area (Å²) >= 11 is 0. The van der Waals surface area contributed by atoms with Gasteiger partial charge in [-0.25, -0.2) is 0 Å². The molecule has 2 unspecified atom stereocenters. The van der Waals surface area contributed by atoms with E-state index in [9.17, 15) is 0 Å². The Kier molecular flexibility index (Phi) is 10.3. The molecule has 0 saturated carbocycles. The molecule has 0 spiro atoms. The fraction of sp³-hybridized carbons (Fsp3) is 1.00. The Morgan fingerprint density at radius 2 is 1.93 bits per heavy atom. The molecule has 0 rings (SSSR count). The van der Waals surface area contributed by atoms with E-state index in [-0.39, 0.29) is 0 Å². The van der Waals surface area contributed by atoms with E-state index in [4.69, 9.17) is 9.47 Å². The third kappa shape index (κ3) is 7.77. The standard InChI is InChI=1S/C12H27NO2/c1-5-15-9-6-7-12(13-3)11(2)8-10-14-4/h11-13H,5-10H2,1-4H3. The zero-order valence-electron chi connectivity index (χ0n) is 10.7. The van der Waals surface area contributed by atoms with Crippen LogP contribution in [0.25, 0.3) is 0 Å². The van der Waals surface area contributed by atoms with Crippen molar-refractivity contribution < 1.29 is 9.47 Å². The van der Waals surface area contributed by atoms with Crippen molar-refractivity contribution in [1.29, 1.82) is 0 Å². The van der Waals surface area contributed by atoms with E-state index >= 15 is 0 Å². The van der Waals surface area contributed by atoms with Gasteiger partial charge in [0.05, 0.1) is 0 Å². The average Bonchev–Trinajstić information content (AvgIpc) is 2.26. The van der Waals surface area contributed by atoms with Crippen molar-refractivity contribution in [2.75, 3.05) is 34.0 Å². The number of ether oxygens (including phenoxy) is 2. The highest BCUT2D eigenvalue weighted by Crippen LogP contribution is 2.13. The van der Waals surface area contributed by atoms with Gasteiger partial charge >= 0.3 is 0 Å². The molecule has 0 bridgehead atoms. The third-order valence-corrected chi connectivity index (χ3v) is 2.84. The van der Waals surface area contributed by atoms with Gasteiger partial charge in [0.2, 0.25) is 0 Å². The second-order valence-electron chi connectivity index (χ2n) is 3.99. The summed E-state index contributed by atoms with van der Waals surface area (Å²) < 4.78 is 10.4. The first-order chi connectivity index (χ1) is 7.26. The third-order valence-electron chi connectivity index (χ3n) is 2.84.